The van der Waals surface area contributed by atoms with Gasteiger partial charge in [-0.15, -0.1) is 0 Å². The second-order valence-corrected chi connectivity index (χ2v) is 6.60. The molecule has 0 amide bonds. The number of nitrogens with one attached hydrogen (secondary N) is 1. The van der Waals surface area contributed by atoms with Gasteiger partial charge in [0.15, 0.2) is 5.78 Å². The number of aryl methyl sites for hydroxylation is 1. The van der Waals surface area contributed by atoms with Crippen LogP contribution in [-0.4, -0.2) is 25.5 Å². The number of hydrogen-bond acceptors (Lipinski definition) is 6. The van der Waals surface area contributed by atoms with Crippen LogP contribution in [0.25, 0.3) is 0 Å². The minimum Gasteiger partial charge on any atom is -0.328 e. The highest BCUT2D eigenvalue weighted by molar-refractivity contribution is 5.99. The number of fused-ring (bicyclic) bond motifs is 1. The van der Waals surface area contributed by atoms with Crippen molar-refractivity contribution in [2.24, 2.45) is 5.92 Å². The lowest BCUT2D eigenvalue weighted by molar-refractivity contribution is -0.385. The average Bonchev–Trinajstić information content (AvgIpc) is 2.92. The maximum Gasteiger partial charge on any atom is 0.275 e. The Labute approximate surface area is 143 Å². The number of aromatic nitrogens is 3. The Morgan fingerprint density at radius 2 is 2.08 bits per heavy atom. The first-order valence-corrected chi connectivity index (χ1v) is 8.15. The van der Waals surface area contributed by atoms with Gasteiger partial charge >= 0.3 is 0 Å². The fourth-order valence-electron chi connectivity index (χ4n) is 3.69. The zero-order valence-corrected chi connectivity index (χ0v) is 13.9. The Hall–Kier alpha value is -3.03. The number of nitro groups is 1. The lowest BCUT2D eigenvalue weighted by atomic mass is 9.81. The standard InChI is InChI=1S/C17H17N5O3/c1-9-7-12-15(14(23)8-9)16(21-17(19-12)18-10(2)20-21)11-5-3-4-6-13(11)22(24)25/h3-6,9,16H,7-8H2,1-2H3,(H,18,19,20)/t9-,16+/m0/s1. The molecule has 128 valence electrons. The highest BCUT2D eigenvalue weighted by Crippen LogP contribution is 2.43. The number of nitro benzene ring substituents is 1. The number of benzene rings is 1. The SMILES string of the molecule is Cc1nc2n(n1)[C@H](c1ccccc1[N+](=O)[O-])C1=C(C[C@H](C)CC1=O)N2. The number of carbonyl (C=O) groups excluding carboxylic acids is 1. The molecular formula is C17H17N5O3. The largest absolute Gasteiger partial charge is 0.328 e. The highest BCUT2D eigenvalue weighted by atomic mass is 16.6. The highest BCUT2D eigenvalue weighted by Gasteiger charge is 2.40. The molecule has 1 aromatic carbocycles. The molecule has 2 aromatic rings. The van der Waals surface area contributed by atoms with E-state index in [0.717, 1.165) is 5.70 Å². The lowest BCUT2D eigenvalue weighted by Gasteiger charge is -2.33. The molecule has 8 heteroatoms. The van der Waals surface area contributed by atoms with E-state index >= 15 is 0 Å². The summed E-state index contributed by atoms with van der Waals surface area (Å²) in [6, 6.07) is 5.87. The van der Waals surface area contributed by atoms with Crippen LogP contribution in [0.1, 0.15) is 37.2 Å². The third-order valence-electron chi connectivity index (χ3n) is 4.66. The van der Waals surface area contributed by atoms with Gasteiger partial charge in [-0.1, -0.05) is 19.1 Å². The Kier molecular flexibility index (Phi) is 3.41. The number of rotatable bonds is 2. The third-order valence-corrected chi connectivity index (χ3v) is 4.66. The summed E-state index contributed by atoms with van der Waals surface area (Å²) in [6.45, 7) is 3.78. The summed E-state index contributed by atoms with van der Waals surface area (Å²) in [5.74, 6) is 1.29. The normalized spacial score (nSPS) is 22.2. The van der Waals surface area contributed by atoms with Crippen molar-refractivity contribution < 1.29 is 9.72 Å². The molecule has 1 N–H and O–H groups in total. The van der Waals surface area contributed by atoms with Crippen LogP contribution in [0.5, 0.6) is 0 Å². The average molecular weight is 339 g/mol. The molecule has 0 bridgehead atoms. The third kappa shape index (κ3) is 2.41. The van der Waals surface area contributed by atoms with E-state index in [4.69, 9.17) is 0 Å². The summed E-state index contributed by atoms with van der Waals surface area (Å²) in [4.78, 5) is 28.3. The predicted octanol–water partition coefficient (Wildman–Crippen LogP) is 2.76. The van der Waals surface area contributed by atoms with Crippen LogP contribution in [0.15, 0.2) is 35.5 Å². The number of para-hydroxylation sites is 1. The fourth-order valence-corrected chi connectivity index (χ4v) is 3.69. The first kappa shape index (κ1) is 15.5. The maximum absolute atomic E-state index is 12.8. The van der Waals surface area contributed by atoms with Gasteiger partial charge in [-0.2, -0.15) is 10.1 Å². The van der Waals surface area contributed by atoms with E-state index in [1.807, 2.05) is 6.92 Å². The number of carbonyl (C=O) groups is 1. The van der Waals surface area contributed by atoms with E-state index in [1.165, 1.54) is 6.07 Å². The summed E-state index contributed by atoms with van der Waals surface area (Å²) >= 11 is 0. The predicted molar refractivity (Wildman–Crippen MR) is 90.0 cm³/mol. The molecule has 0 fully saturated rings. The van der Waals surface area contributed by atoms with E-state index in [1.54, 1.807) is 29.8 Å². The first-order chi connectivity index (χ1) is 12.0. The van der Waals surface area contributed by atoms with Gasteiger partial charge in [0.2, 0.25) is 5.95 Å². The number of ketones is 1. The van der Waals surface area contributed by atoms with Gasteiger partial charge in [0.25, 0.3) is 5.69 Å². The van der Waals surface area contributed by atoms with Gasteiger partial charge in [-0.3, -0.25) is 14.9 Å². The van der Waals surface area contributed by atoms with Crippen molar-refractivity contribution in [1.82, 2.24) is 14.8 Å². The van der Waals surface area contributed by atoms with Gasteiger partial charge in [-0.25, -0.2) is 4.68 Å². The van der Waals surface area contributed by atoms with Crippen molar-refractivity contribution in [2.75, 3.05) is 5.32 Å². The van der Waals surface area contributed by atoms with Crippen LogP contribution in [0, 0.1) is 23.0 Å². The smallest absolute Gasteiger partial charge is 0.275 e. The van der Waals surface area contributed by atoms with Crippen LogP contribution in [-0.2, 0) is 4.79 Å². The summed E-state index contributed by atoms with van der Waals surface area (Å²) in [5.41, 5.74) is 1.79. The number of allylic oxidation sites excluding steroid dienone is 2. The summed E-state index contributed by atoms with van der Waals surface area (Å²) < 4.78 is 1.59. The van der Waals surface area contributed by atoms with Gasteiger partial charge < -0.3 is 5.32 Å². The van der Waals surface area contributed by atoms with E-state index in [-0.39, 0.29) is 17.4 Å². The summed E-state index contributed by atoms with van der Waals surface area (Å²) in [6.07, 6.45) is 1.14. The molecule has 8 nitrogen and oxygen atoms in total. The summed E-state index contributed by atoms with van der Waals surface area (Å²) in [5, 5.41) is 19.1. The fraction of sp³-hybridized carbons (Fsp3) is 0.353. The van der Waals surface area contributed by atoms with Crippen molar-refractivity contribution in [3.8, 4) is 0 Å². The Bertz CT molecular complexity index is 930. The van der Waals surface area contributed by atoms with Gasteiger partial charge in [0.1, 0.15) is 11.9 Å². The molecule has 0 saturated heterocycles. The summed E-state index contributed by atoms with van der Waals surface area (Å²) in [7, 11) is 0. The van der Waals surface area contributed by atoms with Crippen molar-refractivity contribution in [3.05, 3.63) is 57.0 Å². The Balaban J connectivity index is 1.97. The Morgan fingerprint density at radius 3 is 2.84 bits per heavy atom. The minimum atomic E-state index is -0.631. The zero-order valence-electron chi connectivity index (χ0n) is 13.9. The molecule has 0 saturated carbocycles. The molecule has 1 aromatic heterocycles. The van der Waals surface area contributed by atoms with Gasteiger partial charge in [0.05, 0.1) is 10.5 Å². The van der Waals surface area contributed by atoms with E-state index in [9.17, 15) is 14.9 Å². The molecule has 1 aliphatic carbocycles. The van der Waals surface area contributed by atoms with Crippen LogP contribution in [0.2, 0.25) is 0 Å². The van der Waals surface area contributed by atoms with E-state index < -0.39 is 11.0 Å². The van der Waals surface area contributed by atoms with Crippen LogP contribution in [0.4, 0.5) is 11.6 Å². The van der Waals surface area contributed by atoms with Crippen molar-refractivity contribution in [2.45, 2.75) is 32.7 Å². The van der Waals surface area contributed by atoms with E-state index in [2.05, 4.69) is 15.4 Å². The van der Waals surface area contributed by atoms with Crippen molar-refractivity contribution in [1.29, 1.82) is 0 Å². The first-order valence-electron chi connectivity index (χ1n) is 8.15. The van der Waals surface area contributed by atoms with Crippen molar-refractivity contribution in [3.63, 3.8) is 0 Å². The van der Waals surface area contributed by atoms with Crippen molar-refractivity contribution >= 4 is 17.4 Å². The number of nitrogens with zero attached hydrogens (tertiary/aromatic N) is 4. The minimum absolute atomic E-state index is 0.00297. The van der Waals surface area contributed by atoms with Crippen LogP contribution < -0.4 is 5.32 Å². The molecule has 1 aliphatic heterocycles. The van der Waals surface area contributed by atoms with Crippen LogP contribution in [0.3, 0.4) is 0 Å². The molecular weight excluding hydrogens is 322 g/mol. The molecule has 2 aliphatic rings. The molecule has 2 atom stereocenters. The second kappa shape index (κ2) is 5.51. The van der Waals surface area contributed by atoms with E-state index in [0.29, 0.717) is 35.8 Å². The Morgan fingerprint density at radius 1 is 1.32 bits per heavy atom. The molecule has 2 heterocycles. The number of Topliss-reactive ketones (excluding diaryl/α,β-unsaturated/α-hetero) is 1. The second-order valence-electron chi connectivity index (χ2n) is 6.60. The number of hydrogen-bond donors (Lipinski definition) is 1. The van der Waals surface area contributed by atoms with Gasteiger partial charge in [-0.05, 0) is 25.3 Å². The molecule has 0 spiro atoms. The molecule has 25 heavy (non-hydrogen) atoms. The zero-order chi connectivity index (χ0) is 17.7. The van der Waals surface area contributed by atoms with Crippen LogP contribution >= 0.6 is 0 Å². The quantitative estimate of drug-likeness (QED) is 0.666. The molecule has 0 radical (unpaired) electrons. The lowest BCUT2D eigenvalue weighted by Crippen LogP contribution is -2.33. The molecule has 0 unspecified atom stereocenters. The van der Waals surface area contributed by atoms with Gasteiger partial charge in [0, 0.05) is 23.8 Å². The topological polar surface area (TPSA) is 103 Å². The monoisotopic (exact) mass is 339 g/mol. The molecule has 4 rings (SSSR count). The number of anilines is 1. The maximum atomic E-state index is 12.8.